The smallest absolute Gasteiger partial charge is 0.291 e. The first-order valence-corrected chi connectivity index (χ1v) is 8.65. The van der Waals surface area contributed by atoms with Crippen LogP contribution in [0.1, 0.15) is 33.4 Å². The lowest BCUT2D eigenvalue weighted by atomic mass is 10.0. The molecule has 1 amide bonds. The molecule has 7 heteroatoms. The number of nitrogens with zero attached hydrogens (tertiary/aromatic N) is 3. The van der Waals surface area contributed by atoms with E-state index in [0.29, 0.717) is 17.3 Å². The van der Waals surface area contributed by atoms with Crippen LogP contribution in [0.2, 0.25) is 0 Å². The van der Waals surface area contributed by atoms with Gasteiger partial charge in [-0.05, 0) is 17.9 Å². The molecule has 0 fully saturated rings. The Morgan fingerprint density at radius 3 is 2.78 bits per heavy atom. The van der Waals surface area contributed by atoms with Crippen molar-refractivity contribution in [3.8, 4) is 11.3 Å². The van der Waals surface area contributed by atoms with Gasteiger partial charge in [0.2, 0.25) is 11.1 Å². The average molecular weight is 331 g/mol. The van der Waals surface area contributed by atoms with Crippen LogP contribution in [0, 0.1) is 0 Å². The molecule has 6 nitrogen and oxygen atoms in total. The molecule has 0 unspecified atom stereocenters. The molecule has 0 aliphatic carbocycles. The van der Waals surface area contributed by atoms with Crippen molar-refractivity contribution in [1.82, 2.24) is 10.1 Å². The normalized spacial score (nSPS) is 16.0. The number of hydrogen-bond donors (Lipinski definition) is 1. The fourth-order valence-corrected chi connectivity index (χ4v) is 3.57. The fraction of sp³-hybridized carbons (Fsp3) is 0.375. The maximum absolute atomic E-state index is 12.6. The molecule has 1 aromatic carbocycles. The number of carbonyl (C=O) groups is 1. The molecule has 1 atom stereocenters. The van der Waals surface area contributed by atoms with Gasteiger partial charge in [0.25, 0.3) is 6.17 Å². The molecule has 1 aliphatic heterocycles. The Morgan fingerprint density at radius 2 is 2.13 bits per heavy atom. The van der Waals surface area contributed by atoms with Crippen molar-refractivity contribution in [3.63, 3.8) is 0 Å². The molecule has 120 valence electrons. The van der Waals surface area contributed by atoms with Crippen LogP contribution in [-0.4, -0.2) is 21.7 Å². The van der Waals surface area contributed by atoms with Gasteiger partial charge in [0, 0.05) is 18.4 Å². The standard InChI is InChI=1S/C16H18N4O2S/c1-4-13-19(10(3)21)12-9-7-6-8-11(12)14-15(22)17-16(23-5-2)18-20(13)14/h6-9,13H,4-5H2,1-3H3/p+1/t13-/m1/s1. The van der Waals surface area contributed by atoms with Crippen LogP contribution in [-0.2, 0) is 4.79 Å². The second-order valence-corrected chi connectivity index (χ2v) is 6.53. The van der Waals surface area contributed by atoms with Crippen LogP contribution in [0.3, 0.4) is 0 Å². The molecule has 0 radical (unpaired) electrons. The number of aromatic amines is 1. The zero-order valence-electron chi connectivity index (χ0n) is 13.4. The van der Waals surface area contributed by atoms with E-state index >= 15 is 0 Å². The number of thioether (sulfide) groups is 1. The van der Waals surface area contributed by atoms with E-state index in [9.17, 15) is 9.59 Å². The summed E-state index contributed by atoms with van der Waals surface area (Å²) in [5.74, 6) is 0.751. The SMILES string of the molecule is CCSc1n[n+]2c(c(=O)[nH]1)-c1ccccc1N(C(C)=O)[C@H]2CC. The lowest BCUT2D eigenvalue weighted by molar-refractivity contribution is -0.771. The number of nitrogens with one attached hydrogen (secondary N) is 1. The molecule has 0 saturated heterocycles. The molecular weight excluding hydrogens is 312 g/mol. The number of carbonyl (C=O) groups excluding carboxylic acids is 1. The van der Waals surface area contributed by atoms with E-state index in [1.165, 1.54) is 11.8 Å². The lowest BCUT2D eigenvalue weighted by Gasteiger charge is -2.30. The van der Waals surface area contributed by atoms with Crippen LogP contribution in [0.4, 0.5) is 5.69 Å². The number of amides is 1. The summed E-state index contributed by atoms with van der Waals surface area (Å²) in [7, 11) is 0. The quantitative estimate of drug-likeness (QED) is 0.691. The molecule has 1 N–H and O–H groups in total. The van der Waals surface area contributed by atoms with E-state index < -0.39 is 0 Å². The average Bonchev–Trinajstić information content (AvgIpc) is 2.53. The third-order valence-corrected chi connectivity index (χ3v) is 4.59. The maximum Gasteiger partial charge on any atom is 0.325 e. The highest BCUT2D eigenvalue weighted by Gasteiger charge is 2.42. The Bertz CT molecular complexity index is 818. The van der Waals surface area contributed by atoms with E-state index in [1.54, 1.807) is 16.5 Å². The third-order valence-electron chi connectivity index (χ3n) is 3.85. The first-order chi connectivity index (χ1) is 11.1. The van der Waals surface area contributed by atoms with Crippen molar-refractivity contribution < 1.29 is 9.48 Å². The second kappa shape index (κ2) is 6.16. The predicted octanol–water partition coefficient (Wildman–Crippen LogP) is 2.11. The zero-order valence-corrected chi connectivity index (χ0v) is 14.2. The Labute approximate surface area is 138 Å². The summed E-state index contributed by atoms with van der Waals surface area (Å²) in [5, 5.41) is 5.15. The summed E-state index contributed by atoms with van der Waals surface area (Å²) in [6.07, 6.45) is 0.369. The summed E-state index contributed by atoms with van der Waals surface area (Å²) in [4.78, 5) is 29.4. The first-order valence-electron chi connectivity index (χ1n) is 7.66. The van der Waals surface area contributed by atoms with Crippen molar-refractivity contribution in [1.29, 1.82) is 0 Å². The van der Waals surface area contributed by atoms with Gasteiger partial charge >= 0.3 is 11.3 Å². The number of para-hydroxylation sites is 1. The van der Waals surface area contributed by atoms with Gasteiger partial charge in [0.05, 0.1) is 11.3 Å². The van der Waals surface area contributed by atoms with E-state index in [4.69, 9.17) is 0 Å². The van der Waals surface area contributed by atoms with Crippen molar-refractivity contribution in [2.75, 3.05) is 10.7 Å². The van der Waals surface area contributed by atoms with E-state index in [-0.39, 0.29) is 17.6 Å². The molecule has 0 bridgehead atoms. The fourth-order valence-electron chi connectivity index (χ4n) is 2.99. The van der Waals surface area contributed by atoms with Gasteiger partial charge in [0.1, 0.15) is 0 Å². The summed E-state index contributed by atoms with van der Waals surface area (Å²) in [6, 6.07) is 7.46. The van der Waals surface area contributed by atoms with Crippen LogP contribution in [0.25, 0.3) is 11.3 Å². The van der Waals surface area contributed by atoms with Gasteiger partial charge in [-0.3, -0.25) is 19.5 Å². The minimum Gasteiger partial charge on any atom is -0.291 e. The number of benzene rings is 1. The number of fused-ring (bicyclic) bond motifs is 3. The number of rotatable bonds is 3. The highest BCUT2D eigenvalue weighted by molar-refractivity contribution is 7.99. The molecular formula is C16H19N4O2S+. The van der Waals surface area contributed by atoms with Gasteiger partial charge in [-0.1, -0.05) is 42.4 Å². The number of hydrogen-bond acceptors (Lipinski definition) is 4. The molecule has 2 heterocycles. The Morgan fingerprint density at radius 1 is 1.39 bits per heavy atom. The maximum atomic E-state index is 12.6. The Kier molecular flexibility index (Phi) is 4.21. The van der Waals surface area contributed by atoms with Crippen molar-refractivity contribution in [3.05, 3.63) is 34.6 Å². The van der Waals surface area contributed by atoms with Gasteiger partial charge in [-0.2, -0.15) is 0 Å². The van der Waals surface area contributed by atoms with Crippen LogP contribution in [0.5, 0.6) is 0 Å². The summed E-state index contributed by atoms with van der Waals surface area (Å²) < 4.78 is 1.69. The second-order valence-electron chi connectivity index (χ2n) is 5.28. The number of aromatic nitrogens is 3. The molecule has 0 saturated carbocycles. The molecule has 1 aromatic heterocycles. The summed E-state index contributed by atoms with van der Waals surface area (Å²) in [5.41, 5.74) is 1.82. The Balaban J connectivity index is 2.32. The van der Waals surface area contributed by atoms with Crippen molar-refractivity contribution in [2.45, 2.75) is 38.5 Å². The Hall–Kier alpha value is -2.15. The summed E-state index contributed by atoms with van der Waals surface area (Å²) in [6.45, 7) is 5.53. The molecule has 3 rings (SSSR count). The third kappa shape index (κ3) is 2.55. The van der Waals surface area contributed by atoms with Gasteiger partial charge in [0.15, 0.2) is 0 Å². The van der Waals surface area contributed by atoms with Gasteiger partial charge in [-0.15, -0.1) is 0 Å². The summed E-state index contributed by atoms with van der Waals surface area (Å²) >= 11 is 1.47. The van der Waals surface area contributed by atoms with Crippen LogP contribution < -0.4 is 15.1 Å². The monoisotopic (exact) mass is 331 g/mol. The zero-order chi connectivity index (χ0) is 16.6. The molecule has 0 spiro atoms. The number of anilines is 1. The molecule has 1 aliphatic rings. The van der Waals surface area contributed by atoms with Crippen molar-refractivity contribution >= 4 is 23.4 Å². The van der Waals surface area contributed by atoms with E-state index in [1.807, 2.05) is 38.1 Å². The predicted molar refractivity (Wildman–Crippen MR) is 89.4 cm³/mol. The van der Waals surface area contributed by atoms with E-state index in [0.717, 1.165) is 17.0 Å². The largest absolute Gasteiger partial charge is 0.325 e. The van der Waals surface area contributed by atoms with Crippen molar-refractivity contribution in [2.24, 2.45) is 0 Å². The van der Waals surface area contributed by atoms with Gasteiger partial charge in [-0.25, -0.2) is 0 Å². The number of H-pyrrole nitrogens is 1. The molecule has 23 heavy (non-hydrogen) atoms. The van der Waals surface area contributed by atoms with E-state index in [2.05, 4.69) is 10.1 Å². The highest BCUT2D eigenvalue weighted by atomic mass is 32.2. The topological polar surface area (TPSA) is 69.9 Å². The first kappa shape index (κ1) is 15.7. The molecule has 2 aromatic rings. The highest BCUT2D eigenvalue weighted by Crippen LogP contribution is 2.35. The van der Waals surface area contributed by atoms with Crippen LogP contribution >= 0.6 is 11.8 Å². The van der Waals surface area contributed by atoms with Gasteiger partial charge < -0.3 is 0 Å². The van der Waals surface area contributed by atoms with Crippen LogP contribution in [0.15, 0.2) is 34.2 Å². The minimum absolute atomic E-state index is 0.0609. The lowest BCUT2D eigenvalue weighted by Crippen LogP contribution is -2.60. The minimum atomic E-state index is -0.295.